The molecule has 1 atom stereocenters. The van der Waals surface area contributed by atoms with Crippen molar-refractivity contribution in [1.29, 1.82) is 0 Å². The molecule has 1 aliphatic heterocycles. The van der Waals surface area contributed by atoms with Gasteiger partial charge in [0.25, 0.3) is 0 Å². The zero-order valence-corrected chi connectivity index (χ0v) is 30.1. The Morgan fingerprint density at radius 2 is 1.42 bits per heavy atom. The van der Waals surface area contributed by atoms with Crippen molar-refractivity contribution in [1.82, 2.24) is 14.7 Å². The SMILES string of the molecule is CC(C)(C)OC(=O)N1CCC[C@@H](C(=O)Nc2nn(C(c3ccccc3)(c3ccccc3)c3ccccc3)c3ccc(-c4c(F)cccc4Cl)cc23)C1. The van der Waals surface area contributed by atoms with E-state index in [4.69, 9.17) is 21.4 Å². The molecular weight excluding hydrogens is 675 g/mol. The lowest BCUT2D eigenvalue weighted by molar-refractivity contribution is -0.121. The summed E-state index contributed by atoms with van der Waals surface area (Å²) in [6.07, 6.45) is 0.813. The summed E-state index contributed by atoms with van der Waals surface area (Å²) >= 11 is 6.57. The van der Waals surface area contributed by atoms with Gasteiger partial charge in [-0.05, 0) is 80.1 Å². The van der Waals surface area contributed by atoms with Crippen LogP contribution >= 0.6 is 11.6 Å². The molecule has 7 nitrogen and oxygen atoms in total. The quantitative estimate of drug-likeness (QED) is 0.167. The molecule has 0 aliphatic carbocycles. The Balaban J connectivity index is 1.42. The maximum Gasteiger partial charge on any atom is 0.410 e. The van der Waals surface area contributed by atoms with Gasteiger partial charge in [-0.25, -0.2) is 13.9 Å². The summed E-state index contributed by atoms with van der Waals surface area (Å²) in [4.78, 5) is 28.7. The number of nitrogens with zero attached hydrogens (tertiary/aromatic N) is 3. The number of fused-ring (bicyclic) bond motifs is 1. The topological polar surface area (TPSA) is 76.5 Å². The van der Waals surface area contributed by atoms with Gasteiger partial charge in [0.1, 0.15) is 17.0 Å². The van der Waals surface area contributed by atoms with Crippen LogP contribution in [0.1, 0.15) is 50.3 Å². The van der Waals surface area contributed by atoms with E-state index in [9.17, 15) is 9.59 Å². The van der Waals surface area contributed by atoms with Gasteiger partial charge in [0, 0.05) is 24.0 Å². The third kappa shape index (κ3) is 6.66. The van der Waals surface area contributed by atoms with Crippen molar-refractivity contribution in [2.45, 2.75) is 44.8 Å². The summed E-state index contributed by atoms with van der Waals surface area (Å²) in [6, 6.07) is 40.6. The number of benzene rings is 5. The summed E-state index contributed by atoms with van der Waals surface area (Å²) in [5.74, 6) is -0.899. The number of nitrogens with one attached hydrogen (secondary N) is 1. The second kappa shape index (κ2) is 14.3. The minimum absolute atomic E-state index is 0.220. The molecule has 6 aromatic rings. The number of hydrogen-bond donors (Lipinski definition) is 1. The number of anilines is 1. The molecule has 2 heterocycles. The van der Waals surface area contributed by atoms with Crippen LogP contribution in [0.3, 0.4) is 0 Å². The zero-order chi connectivity index (χ0) is 36.5. The third-order valence-electron chi connectivity index (χ3n) is 9.51. The van der Waals surface area contributed by atoms with Crippen LogP contribution in [0, 0.1) is 11.7 Å². The molecule has 1 N–H and O–H groups in total. The number of aromatic nitrogens is 2. The first-order valence-corrected chi connectivity index (χ1v) is 17.9. The molecule has 0 unspecified atom stereocenters. The molecule has 1 aliphatic rings. The highest BCUT2D eigenvalue weighted by molar-refractivity contribution is 6.33. The molecule has 9 heteroatoms. The van der Waals surface area contributed by atoms with E-state index < -0.39 is 29.0 Å². The van der Waals surface area contributed by atoms with Crippen LogP contribution in [0.25, 0.3) is 22.0 Å². The summed E-state index contributed by atoms with van der Waals surface area (Å²) in [5.41, 5.74) is 2.74. The number of carbonyl (C=O) groups is 2. The number of amides is 2. The maximum absolute atomic E-state index is 15.3. The summed E-state index contributed by atoms with van der Waals surface area (Å²) in [7, 11) is 0. The van der Waals surface area contributed by atoms with Crippen molar-refractivity contribution in [2.24, 2.45) is 5.92 Å². The molecule has 2 amide bonds. The number of piperidine rings is 1. The van der Waals surface area contributed by atoms with Crippen LogP contribution in [-0.4, -0.2) is 45.4 Å². The first-order valence-electron chi connectivity index (χ1n) is 17.5. The van der Waals surface area contributed by atoms with E-state index in [1.807, 2.05) is 98.2 Å². The number of halogens is 2. The Hall–Kier alpha value is -5.47. The normalized spacial score (nSPS) is 15.0. The molecule has 0 saturated carbocycles. The Labute approximate surface area is 308 Å². The van der Waals surface area contributed by atoms with Gasteiger partial charge in [-0.1, -0.05) is 115 Å². The predicted molar refractivity (Wildman–Crippen MR) is 204 cm³/mol. The number of ether oxygens (including phenoxy) is 1. The lowest BCUT2D eigenvalue weighted by atomic mass is 9.77. The average Bonchev–Trinajstić information content (AvgIpc) is 3.50. The number of likely N-dealkylation sites (tertiary alicyclic amines) is 1. The second-order valence-electron chi connectivity index (χ2n) is 14.2. The Kier molecular flexibility index (Phi) is 9.60. The number of rotatable bonds is 7. The fourth-order valence-electron chi connectivity index (χ4n) is 7.20. The Morgan fingerprint density at radius 3 is 1.98 bits per heavy atom. The van der Waals surface area contributed by atoms with Crippen molar-refractivity contribution >= 4 is 40.3 Å². The molecule has 0 bridgehead atoms. The van der Waals surface area contributed by atoms with Crippen molar-refractivity contribution in [3.05, 3.63) is 155 Å². The molecule has 1 aromatic heterocycles. The lowest BCUT2D eigenvalue weighted by Crippen LogP contribution is -2.45. The minimum atomic E-state index is -0.986. The van der Waals surface area contributed by atoms with Crippen molar-refractivity contribution in [3.63, 3.8) is 0 Å². The molecule has 0 radical (unpaired) electrons. The van der Waals surface area contributed by atoms with E-state index in [1.165, 1.54) is 6.07 Å². The molecule has 5 aromatic carbocycles. The van der Waals surface area contributed by atoms with E-state index in [0.717, 1.165) is 16.7 Å². The molecule has 52 heavy (non-hydrogen) atoms. The monoisotopic (exact) mass is 714 g/mol. The first kappa shape index (κ1) is 35.0. The molecule has 1 saturated heterocycles. The fourth-order valence-corrected chi connectivity index (χ4v) is 7.47. The first-order chi connectivity index (χ1) is 25.1. The van der Waals surface area contributed by atoms with Gasteiger partial charge >= 0.3 is 6.09 Å². The zero-order valence-electron chi connectivity index (χ0n) is 29.4. The fraction of sp³-hybridized carbons (Fsp3) is 0.233. The Morgan fingerprint density at radius 1 is 0.827 bits per heavy atom. The molecular formula is C43H40ClFN4O3. The summed E-state index contributed by atoms with van der Waals surface area (Å²) in [6.45, 7) is 6.20. The van der Waals surface area contributed by atoms with Gasteiger partial charge in [0.15, 0.2) is 5.82 Å². The van der Waals surface area contributed by atoms with Crippen molar-refractivity contribution in [3.8, 4) is 11.1 Å². The van der Waals surface area contributed by atoms with E-state index in [-0.39, 0.29) is 23.0 Å². The predicted octanol–water partition coefficient (Wildman–Crippen LogP) is 9.92. The number of carbonyl (C=O) groups excluding carboxylic acids is 2. The number of hydrogen-bond acceptors (Lipinski definition) is 4. The highest BCUT2D eigenvalue weighted by Gasteiger charge is 2.41. The molecule has 1 fully saturated rings. The molecule has 0 spiro atoms. The van der Waals surface area contributed by atoms with Gasteiger partial charge in [-0.3, -0.25) is 4.79 Å². The third-order valence-corrected chi connectivity index (χ3v) is 9.82. The highest BCUT2D eigenvalue weighted by Crippen LogP contribution is 2.44. The Bertz CT molecular complexity index is 2100. The van der Waals surface area contributed by atoms with Gasteiger partial charge in [-0.2, -0.15) is 5.10 Å². The van der Waals surface area contributed by atoms with Crippen LogP contribution in [0.2, 0.25) is 5.02 Å². The van der Waals surface area contributed by atoms with Crippen molar-refractivity contribution < 1.29 is 18.7 Å². The van der Waals surface area contributed by atoms with E-state index >= 15 is 4.39 Å². The minimum Gasteiger partial charge on any atom is -0.444 e. The highest BCUT2D eigenvalue weighted by atomic mass is 35.5. The van der Waals surface area contributed by atoms with E-state index in [2.05, 4.69) is 41.7 Å². The standard InChI is InChI=1S/C43H40ClFN4O3/c1-42(2,3)52-41(51)48-26-14-15-30(28-48)40(50)46-39-34-27-29(38-35(44)22-13-23-36(38)45)24-25-37(34)49(47-39)43(31-16-7-4-8-17-31,32-18-9-5-10-19-32)33-20-11-6-12-21-33/h4-13,16-25,27,30H,14-15,26,28H2,1-3H3,(H,46,47,50)/t30-/m1/s1. The van der Waals surface area contributed by atoms with Crippen LogP contribution < -0.4 is 5.32 Å². The van der Waals surface area contributed by atoms with E-state index in [1.54, 1.807) is 17.0 Å². The van der Waals surface area contributed by atoms with Crippen LogP contribution in [0.5, 0.6) is 0 Å². The smallest absolute Gasteiger partial charge is 0.410 e. The molecule has 7 rings (SSSR count). The van der Waals surface area contributed by atoms with Gasteiger partial charge in [0.05, 0.1) is 16.5 Å². The second-order valence-corrected chi connectivity index (χ2v) is 14.6. The van der Waals surface area contributed by atoms with Gasteiger partial charge < -0.3 is 15.0 Å². The van der Waals surface area contributed by atoms with Gasteiger partial charge in [0.2, 0.25) is 5.91 Å². The summed E-state index contributed by atoms with van der Waals surface area (Å²) < 4.78 is 22.9. The molecule has 264 valence electrons. The van der Waals surface area contributed by atoms with Gasteiger partial charge in [-0.15, -0.1) is 0 Å². The maximum atomic E-state index is 15.3. The largest absolute Gasteiger partial charge is 0.444 e. The average molecular weight is 715 g/mol. The van der Waals surface area contributed by atoms with E-state index in [0.29, 0.717) is 41.7 Å². The van der Waals surface area contributed by atoms with Crippen LogP contribution in [0.15, 0.2) is 127 Å². The van der Waals surface area contributed by atoms with Crippen LogP contribution in [-0.2, 0) is 15.1 Å². The van der Waals surface area contributed by atoms with Crippen LogP contribution in [0.4, 0.5) is 15.0 Å². The summed E-state index contributed by atoms with van der Waals surface area (Å²) in [5, 5.41) is 9.28. The lowest BCUT2D eigenvalue weighted by Gasteiger charge is -2.37. The van der Waals surface area contributed by atoms with Crippen molar-refractivity contribution in [2.75, 3.05) is 18.4 Å².